The molecule has 1 rings (SSSR count). The molecule has 110 valence electrons. The molecule has 1 heterocycles. The standard InChI is InChI=1S/C6H2Cl3F6N3O/c7-2-16-3(8)18(4(9)17-2)19-1(5(10,11)12)6(13,14)15/h1,3H. The number of hydrogen-bond acceptors (Lipinski definition) is 4. The number of halogens is 9. The van der Waals surface area contributed by atoms with E-state index in [1.54, 1.807) is 0 Å². The van der Waals surface area contributed by atoms with E-state index in [0.717, 1.165) is 0 Å². The molecule has 0 spiro atoms. The largest absolute Gasteiger partial charge is 0.426 e. The maximum absolute atomic E-state index is 12.2. The van der Waals surface area contributed by atoms with Gasteiger partial charge >= 0.3 is 12.4 Å². The Labute approximate surface area is 116 Å². The number of aliphatic imine (C=N–C) groups is 2. The van der Waals surface area contributed by atoms with Crippen LogP contribution in [0, 0.1) is 0 Å². The highest BCUT2D eigenvalue weighted by Gasteiger charge is 2.60. The lowest BCUT2D eigenvalue weighted by atomic mass is 10.3. The summed E-state index contributed by atoms with van der Waals surface area (Å²) in [7, 11) is 0. The van der Waals surface area contributed by atoms with Crippen molar-refractivity contribution in [2.45, 2.75) is 24.1 Å². The molecular weight excluding hydrogens is 350 g/mol. The van der Waals surface area contributed by atoms with E-state index in [0.29, 0.717) is 0 Å². The van der Waals surface area contributed by atoms with Crippen LogP contribution in [0.15, 0.2) is 9.98 Å². The molecule has 1 atom stereocenters. The quantitative estimate of drug-likeness (QED) is 0.434. The number of hydroxylamine groups is 2. The molecule has 0 aromatic carbocycles. The van der Waals surface area contributed by atoms with Crippen molar-refractivity contribution in [3.63, 3.8) is 0 Å². The lowest BCUT2D eigenvalue weighted by molar-refractivity contribution is -0.363. The number of amidine groups is 2. The van der Waals surface area contributed by atoms with E-state index in [-0.39, 0.29) is 5.06 Å². The molecule has 0 saturated heterocycles. The zero-order chi connectivity index (χ0) is 15.0. The van der Waals surface area contributed by atoms with Gasteiger partial charge in [0.1, 0.15) is 0 Å². The minimum Gasteiger partial charge on any atom is -0.245 e. The lowest BCUT2D eigenvalue weighted by Gasteiger charge is -2.31. The Morgan fingerprint density at radius 1 is 1.11 bits per heavy atom. The van der Waals surface area contributed by atoms with E-state index in [1.807, 2.05) is 0 Å². The van der Waals surface area contributed by atoms with Gasteiger partial charge in [-0.3, -0.25) is 0 Å². The SMILES string of the molecule is FC(F)(F)C(ON1C(Cl)=NC(Cl)=NC1Cl)C(F)(F)F. The van der Waals surface area contributed by atoms with Gasteiger partial charge in [0.15, 0.2) is 0 Å². The van der Waals surface area contributed by atoms with Crippen molar-refractivity contribution in [3.05, 3.63) is 0 Å². The van der Waals surface area contributed by atoms with Gasteiger partial charge in [-0.1, -0.05) is 11.6 Å². The summed E-state index contributed by atoms with van der Waals surface area (Å²) in [6.45, 7) is 0. The highest BCUT2D eigenvalue weighted by Crippen LogP contribution is 2.37. The highest BCUT2D eigenvalue weighted by molar-refractivity contribution is 6.71. The summed E-state index contributed by atoms with van der Waals surface area (Å²) in [4.78, 5) is 10.0. The van der Waals surface area contributed by atoms with Gasteiger partial charge in [0.2, 0.25) is 16.2 Å². The molecule has 0 aromatic heterocycles. The van der Waals surface area contributed by atoms with Crippen molar-refractivity contribution in [2.75, 3.05) is 0 Å². The fourth-order valence-electron chi connectivity index (χ4n) is 0.895. The van der Waals surface area contributed by atoms with Crippen molar-refractivity contribution in [1.82, 2.24) is 5.06 Å². The monoisotopic (exact) mass is 351 g/mol. The Bertz CT molecular complexity index is 394. The predicted octanol–water partition coefficient (Wildman–Crippen LogP) is 3.44. The summed E-state index contributed by atoms with van der Waals surface area (Å²) >= 11 is 15.9. The summed E-state index contributed by atoms with van der Waals surface area (Å²) in [5, 5.41) is -1.61. The first-order valence-electron chi connectivity index (χ1n) is 4.14. The maximum atomic E-state index is 12.2. The van der Waals surface area contributed by atoms with Crippen LogP contribution in [0.25, 0.3) is 0 Å². The molecule has 0 aromatic rings. The van der Waals surface area contributed by atoms with Gasteiger partial charge in [-0.15, -0.1) is 0 Å². The van der Waals surface area contributed by atoms with Gasteiger partial charge in [0.05, 0.1) is 0 Å². The number of nitrogens with zero attached hydrogens (tertiary/aromatic N) is 3. The molecule has 0 fully saturated rings. The first-order valence-corrected chi connectivity index (χ1v) is 5.33. The maximum Gasteiger partial charge on any atom is 0.426 e. The third-order valence-electron chi connectivity index (χ3n) is 1.59. The van der Waals surface area contributed by atoms with E-state index >= 15 is 0 Å². The molecule has 0 saturated carbocycles. The van der Waals surface area contributed by atoms with Crippen LogP contribution in [0.4, 0.5) is 26.3 Å². The first kappa shape index (κ1) is 16.6. The van der Waals surface area contributed by atoms with E-state index in [9.17, 15) is 26.3 Å². The van der Waals surface area contributed by atoms with E-state index in [4.69, 9.17) is 34.8 Å². The summed E-state index contributed by atoms with van der Waals surface area (Å²) in [6.07, 6.45) is -15.6. The van der Waals surface area contributed by atoms with Crippen LogP contribution in [0.5, 0.6) is 0 Å². The molecular formula is C6H2Cl3F6N3O. The van der Waals surface area contributed by atoms with Gasteiger partial charge in [0, 0.05) is 0 Å². The molecule has 1 aliphatic heterocycles. The first-order chi connectivity index (χ1) is 8.43. The van der Waals surface area contributed by atoms with Crippen LogP contribution in [-0.4, -0.2) is 39.7 Å². The summed E-state index contributed by atoms with van der Waals surface area (Å²) in [5.41, 5.74) is -1.82. The fraction of sp³-hybridized carbons (Fsp3) is 0.667. The zero-order valence-corrected chi connectivity index (χ0v) is 10.6. The lowest BCUT2D eigenvalue weighted by Crippen LogP contribution is -2.51. The Hall–Kier alpha value is -0.450. The van der Waals surface area contributed by atoms with Gasteiger partial charge in [0.25, 0.3) is 6.10 Å². The second-order valence-corrected chi connectivity index (χ2v) is 4.05. The summed E-state index contributed by atoms with van der Waals surface area (Å²) in [5.74, 6) is 0. The smallest absolute Gasteiger partial charge is 0.245 e. The zero-order valence-electron chi connectivity index (χ0n) is 8.31. The third kappa shape index (κ3) is 4.26. The molecule has 19 heavy (non-hydrogen) atoms. The fourth-order valence-corrected chi connectivity index (χ4v) is 1.65. The Morgan fingerprint density at radius 2 is 1.58 bits per heavy atom. The topological polar surface area (TPSA) is 37.2 Å². The van der Waals surface area contributed by atoms with Crippen LogP contribution in [0.3, 0.4) is 0 Å². The van der Waals surface area contributed by atoms with Crippen LogP contribution in [-0.2, 0) is 4.84 Å². The number of alkyl halides is 7. The predicted molar refractivity (Wildman–Crippen MR) is 55.0 cm³/mol. The highest BCUT2D eigenvalue weighted by atomic mass is 35.5. The minimum atomic E-state index is -5.73. The van der Waals surface area contributed by atoms with Crippen molar-refractivity contribution in [2.24, 2.45) is 9.98 Å². The second kappa shape index (κ2) is 5.51. The Balaban J connectivity index is 2.96. The summed E-state index contributed by atoms with van der Waals surface area (Å²) in [6, 6.07) is 0. The molecule has 0 amide bonds. The van der Waals surface area contributed by atoms with Crippen molar-refractivity contribution < 1.29 is 31.2 Å². The van der Waals surface area contributed by atoms with Gasteiger partial charge in [-0.05, 0) is 23.2 Å². The molecule has 13 heteroatoms. The Kier molecular flexibility index (Phi) is 4.81. The number of rotatable bonds is 2. The third-order valence-corrected chi connectivity index (χ3v) is 2.29. The molecule has 0 bridgehead atoms. The van der Waals surface area contributed by atoms with Gasteiger partial charge < -0.3 is 0 Å². The second-order valence-electron chi connectivity index (χ2n) is 2.98. The molecule has 0 N–H and O–H groups in total. The van der Waals surface area contributed by atoms with E-state index < -0.39 is 34.7 Å². The number of hydrogen-bond donors (Lipinski definition) is 0. The molecule has 0 aliphatic carbocycles. The van der Waals surface area contributed by atoms with Crippen LogP contribution >= 0.6 is 34.8 Å². The van der Waals surface area contributed by atoms with Crippen molar-refractivity contribution >= 4 is 45.4 Å². The molecule has 1 unspecified atom stereocenters. The average molecular weight is 352 g/mol. The summed E-state index contributed by atoms with van der Waals surface area (Å²) < 4.78 is 73.5. The van der Waals surface area contributed by atoms with Crippen LogP contribution in [0.2, 0.25) is 0 Å². The Morgan fingerprint density at radius 3 is 1.95 bits per heavy atom. The van der Waals surface area contributed by atoms with Crippen molar-refractivity contribution in [3.8, 4) is 0 Å². The van der Waals surface area contributed by atoms with Crippen molar-refractivity contribution in [1.29, 1.82) is 0 Å². The molecule has 0 radical (unpaired) electrons. The van der Waals surface area contributed by atoms with E-state index in [2.05, 4.69) is 14.8 Å². The molecule has 4 nitrogen and oxygen atoms in total. The van der Waals surface area contributed by atoms with Crippen LogP contribution in [0.1, 0.15) is 0 Å². The molecule has 1 aliphatic rings. The average Bonchev–Trinajstić information content (AvgIpc) is 2.11. The van der Waals surface area contributed by atoms with Crippen LogP contribution < -0.4 is 0 Å². The van der Waals surface area contributed by atoms with E-state index in [1.165, 1.54) is 0 Å². The van der Waals surface area contributed by atoms with Gasteiger partial charge in [-0.2, -0.15) is 36.4 Å². The van der Waals surface area contributed by atoms with Gasteiger partial charge in [-0.25, -0.2) is 9.83 Å². The normalized spacial score (nSPS) is 21.6. The minimum absolute atomic E-state index is 0.152.